The Hall–Kier alpha value is -1.79. The molecule has 1 aromatic rings. The molecule has 0 aliphatic carbocycles. The third-order valence-corrected chi connectivity index (χ3v) is 1.58. The molecule has 0 saturated carbocycles. The van der Waals surface area contributed by atoms with Gasteiger partial charge < -0.3 is 9.84 Å². The van der Waals surface area contributed by atoms with Gasteiger partial charge in [0.1, 0.15) is 5.75 Å². The minimum Gasteiger partial charge on any atom is -0.477 e. The Morgan fingerprint density at radius 3 is 2.60 bits per heavy atom. The number of hydrogen-bond acceptors (Lipinski definition) is 3. The fourth-order valence-electron chi connectivity index (χ4n) is 0.969. The molecule has 82 valence electrons. The molecule has 0 bridgehead atoms. The molecule has 0 radical (unpaired) electrons. The van der Waals surface area contributed by atoms with E-state index >= 15 is 0 Å². The molecule has 0 atom stereocenters. The van der Waals surface area contributed by atoms with Gasteiger partial charge in [-0.25, -0.2) is 9.78 Å². The lowest BCUT2D eigenvalue weighted by Gasteiger charge is -2.11. The average Bonchev–Trinajstić information content (AvgIpc) is 2.05. The van der Waals surface area contributed by atoms with Crippen LogP contribution in [-0.4, -0.2) is 22.4 Å². The number of pyridine rings is 1. The summed E-state index contributed by atoms with van der Waals surface area (Å²) in [6.07, 6.45) is -3.90. The molecule has 0 aromatic carbocycles. The summed E-state index contributed by atoms with van der Waals surface area (Å²) in [5.74, 6) is -1.96. The van der Waals surface area contributed by atoms with Gasteiger partial charge in [-0.05, 0) is 13.0 Å². The van der Waals surface area contributed by atoms with Gasteiger partial charge in [-0.3, -0.25) is 0 Å². The van der Waals surface area contributed by atoms with Gasteiger partial charge in [-0.1, -0.05) is 0 Å². The average molecular weight is 221 g/mol. The van der Waals surface area contributed by atoms with E-state index in [1.807, 2.05) is 0 Å². The van der Waals surface area contributed by atoms with Crippen molar-refractivity contribution in [1.29, 1.82) is 0 Å². The fourth-order valence-corrected chi connectivity index (χ4v) is 0.969. The van der Waals surface area contributed by atoms with Crippen molar-refractivity contribution in [2.75, 3.05) is 0 Å². The lowest BCUT2D eigenvalue weighted by molar-refractivity contribution is -0.274. The van der Waals surface area contributed by atoms with Crippen molar-refractivity contribution < 1.29 is 27.8 Å². The van der Waals surface area contributed by atoms with Crippen LogP contribution < -0.4 is 4.74 Å². The molecule has 1 heterocycles. The lowest BCUT2D eigenvalue weighted by atomic mass is 10.2. The van der Waals surface area contributed by atoms with Crippen LogP contribution in [0.3, 0.4) is 0 Å². The van der Waals surface area contributed by atoms with Crippen molar-refractivity contribution in [3.05, 3.63) is 23.5 Å². The van der Waals surface area contributed by atoms with E-state index in [4.69, 9.17) is 5.11 Å². The number of nitrogens with zero attached hydrogens (tertiary/aromatic N) is 1. The second-order valence-corrected chi connectivity index (χ2v) is 2.64. The zero-order valence-electron chi connectivity index (χ0n) is 7.50. The van der Waals surface area contributed by atoms with Gasteiger partial charge >= 0.3 is 12.3 Å². The van der Waals surface area contributed by atoms with E-state index < -0.39 is 23.8 Å². The maximum Gasteiger partial charge on any atom is 0.573 e. The number of aromatic nitrogens is 1. The summed E-state index contributed by atoms with van der Waals surface area (Å²) in [6, 6.07) is 0.954. The predicted octanol–water partition coefficient (Wildman–Crippen LogP) is 1.99. The van der Waals surface area contributed by atoms with Crippen LogP contribution in [0.1, 0.15) is 16.1 Å². The molecule has 0 aliphatic heterocycles. The Labute approximate surface area is 82.3 Å². The Morgan fingerprint density at radius 1 is 1.53 bits per heavy atom. The number of ether oxygens (including phenoxy) is 1. The summed E-state index contributed by atoms with van der Waals surface area (Å²) >= 11 is 0. The maximum atomic E-state index is 11.9. The van der Waals surface area contributed by atoms with Crippen LogP contribution in [-0.2, 0) is 0 Å². The Morgan fingerprint density at radius 2 is 2.13 bits per heavy atom. The van der Waals surface area contributed by atoms with Crippen molar-refractivity contribution in [2.24, 2.45) is 0 Å². The van der Waals surface area contributed by atoms with Crippen LogP contribution in [0.25, 0.3) is 0 Å². The third kappa shape index (κ3) is 2.83. The Balaban J connectivity index is 3.10. The van der Waals surface area contributed by atoms with Gasteiger partial charge in [0.25, 0.3) is 0 Å². The molecule has 0 amide bonds. The largest absolute Gasteiger partial charge is 0.573 e. The summed E-state index contributed by atoms with van der Waals surface area (Å²) in [6.45, 7) is 1.19. The van der Waals surface area contributed by atoms with Crippen LogP contribution in [0.15, 0.2) is 12.3 Å². The number of alkyl halides is 3. The van der Waals surface area contributed by atoms with Gasteiger partial charge in [-0.15, -0.1) is 13.2 Å². The number of halogens is 3. The third-order valence-electron chi connectivity index (χ3n) is 1.58. The van der Waals surface area contributed by atoms with Crippen molar-refractivity contribution in [3.63, 3.8) is 0 Å². The zero-order chi connectivity index (χ0) is 11.6. The van der Waals surface area contributed by atoms with Crippen molar-refractivity contribution in [3.8, 4) is 5.75 Å². The van der Waals surface area contributed by atoms with Gasteiger partial charge in [0.05, 0.1) is 0 Å². The van der Waals surface area contributed by atoms with E-state index in [-0.39, 0.29) is 5.56 Å². The molecule has 0 unspecified atom stereocenters. The topological polar surface area (TPSA) is 59.4 Å². The van der Waals surface area contributed by atoms with E-state index in [0.29, 0.717) is 0 Å². The number of hydrogen-bond donors (Lipinski definition) is 1. The summed E-state index contributed by atoms with van der Waals surface area (Å²) in [7, 11) is 0. The zero-order valence-corrected chi connectivity index (χ0v) is 7.50. The molecule has 1 rings (SSSR count). The maximum absolute atomic E-state index is 11.9. The second kappa shape index (κ2) is 3.76. The van der Waals surface area contributed by atoms with Crippen LogP contribution in [0.5, 0.6) is 5.75 Å². The standard InChI is InChI=1S/C8H6F3NO3/c1-4-5(15-8(9,10)11)2-3-12-6(4)7(13)14/h2-3H,1H3,(H,13,14). The minimum absolute atomic E-state index is 0.165. The van der Waals surface area contributed by atoms with Crippen molar-refractivity contribution in [2.45, 2.75) is 13.3 Å². The van der Waals surface area contributed by atoms with Gasteiger partial charge in [0.2, 0.25) is 0 Å². The number of carbonyl (C=O) groups is 1. The van der Waals surface area contributed by atoms with E-state index in [1.165, 1.54) is 6.92 Å². The summed E-state index contributed by atoms with van der Waals surface area (Å²) in [5.41, 5.74) is -0.626. The van der Waals surface area contributed by atoms with Crippen LogP contribution in [0.2, 0.25) is 0 Å². The Bertz CT molecular complexity index is 389. The van der Waals surface area contributed by atoms with Crippen LogP contribution in [0.4, 0.5) is 13.2 Å². The molecular weight excluding hydrogens is 215 g/mol. The molecule has 0 spiro atoms. The highest BCUT2D eigenvalue weighted by Crippen LogP contribution is 2.26. The number of carboxylic acid groups (broad SMARTS) is 1. The number of carboxylic acids is 1. The van der Waals surface area contributed by atoms with Crippen molar-refractivity contribution in [1.82, 2.24) is 4.98 Å². The first kappa shape index (κ1) is 11.3. The highest BCUT2D eigenvalue weighted by Gasteiger charge is 2.32. The summed E-state index contributed by atoms with van der Waals surface area (Å²) in [4.78, 5) is 14.0. The van der Waals surface area contributed by atoms with Crippen molar-refractivity contribution >= 4 is 5.97 Å². The first-order valence-electron chi connectivity index (χ1n) is 3.76. The number of aromatic carboxylic acids is 1. The molecule has 1 aromatic heterocycles. The first-order valence-corrected chi connectivity index (χ1v) is 3.76. The molecule has 4 nitrogen and oxygen atoms in total. The SMILES string of the molecule is Cc1c(OC(F)(F)F)ccnc1C(=O)O. The smallest absolute Gasteiger partial charge is 0.477 e. The molecule has 15 heavy (non-hydrogen) atoms. The van der Waals surface area contributed by atoms with E-state index in [9.17, 15) is 18.0 Å². The Kier molecular flexibility index (Phi) is 2.83. The van der Waals surface area contributed by atoms with Crippen LogP contribution in [0, 0.1) is 6.92 Å². The highest BCUT2D eigenvalue weighted by molar-refractivity contribution is 5.87. The minimum atomic E-state index is -4.85. The predicted molar refractivity (Wildman–Crippen MR) is 42.6 cm³/mol. The quantitative estimate of drug-likeness (QED) is 0.829. The molecule has 0 saturated heterocycles. The van der Waals surface area contributed by atoms with Gasteiger partial charge in [-0.2, -0.15) is 0 Å². The van der Waals surface area contributed by atoms with Gasteiger partial charge in [0.15, 0.2) is 5.69 Å². The summed E-state index contributed by atoms with van der Waals surface area (Å²) < 4.78 is 39.2. The molecule has 0 fully saturated rings. The molecule has 7 heteroatoms. The summed E-state index contributed by atoms with van der Waals surface area (Å²) in [5, 5.41) is 8.59. The fraction of sp³-hybridized carbons (Fsp3) is 0.250. The van der Waals surface area contributed by atoms with E-state index in [1.54, 1.807) is 0 Å². The number of rotatable bonds is 2. The monoisotopic (exact) mass is 221 g/mol. The second-order valence-electron chi connectivity index (χ2n) is 2.64. The van der Waals surface area contributed by atoms with Gasteiger partial charge in [0, 0.05) is 11.8 Å². The first-order chi connectivity index (χ1) is 6.81. The highest BCUT2D eigenvalue weighted by atomic mass is 19.4. The molecule has 1 N–H and O–H groups in total. The lowest BCUT2D eigenvalue weighted by Crippen LogP contribution is -2.18. The molecule has 0 aliphatic rings. The van der Waals surface area contributed by atoms with E-state index in [0.717, 1.165) is 12.3 Å². The normalized spacial score (nSPS) is 11.2. The molecular formula is C8H6F3NO3. The van der Waals surface area contributed by atoms with Crippen LogP contribution >= 0.6 is 0 Å². The van der Waals surface area contributed by atoms with E-state index in [2.05, 4.69) is 9.72 Å².